The average Bonchev–Trinajstić information content (AvgIpc) is 2.71. The van der Waals surface area contributed by atoms with Gasteiger partial charge in [0.05, 0.1) is 0 Å². The molecular weight excluding hydrogens is 471 g/mol. The van der Waals surface area contributed by atoms with Crippen LogP contribution in [-0.4, -0.2) is 34.9 Å². The van der Waals surface area contributed by atoms with Gasteiger partial charge in [0.2, 0.25) is 5.91 Å². The molecule has 2 rings (SSSR count). The first kappa shape index (κ1) is 28.0. The van der Waals surface area contributed by atoms with Crippen LogP contribution in [0.5, 0.6) is 5.75 Å². The molecule has 2 aromatic rings. The molecule has 0 bridgehead atoms. The van der Waals surface area contributed by atoms with Gasteiger partial charge in [-0.05, 0) is 61.9 Å². The Hall–Kier alpha value is -2.24. The van der Waals surface area contributed by atoms with E-state index in [1.54, 1.807) is 18.2 Å². The van der Waals surface area contributed by atoms with E-state index in [-0.39, 0.29) is 30.4 Å². The molecule has 0 spiro atoms. The number of nitrogens with one attached hydrogen (secondary N) is 1. The zero-order valence-corrected chi connectivity index (χ0v) is 22.7. The second kappa shape index (κ2) is 11.5. The summed E-state index contributed by atoms with van der Waals surface area (Å²) in [6, 6.07) is 12.1. The van der Waals surface area contributed by atoms with Crippen LogP contribution in [0.15, 0.2) is 42.5 Å². The summed E-state index contributed by atoms with van der Waals surface area (Å²) in [5, 5.41) is 3.94. The van der Waals surface area contributed by atoms with Gasteiger partial charge in [0.1, 0.15) is 11.8 Å². The van der Waals surface area contributed by atoms with Crippen molar-refractivity contribution in [1.82, 2.24) is 10.2 Å². The van der Waals surface area contributed by atoms with Crippen LogP contribution in [0.3, 0.4) is 0 Å². The van der Waals surface area contributed by atoms with E-state index in [1.165, 1.54) is 4.90 Å². The summed E-state index contributed by atoms with van der Waals surface area (Å²) >= 11 is 12.5. The fourth-order valence-corrected chi connectivity index (χ4v) is 4.11. The zero-order valence-electron chi connectivity index (χ0n) is 21.2. The lowest BCUT2D eigenvalue weighted by Crippen LogP contribution is -2.54. The van der Waals surface area contributed by atoms with Gasteiger partial charge in [0, 0.05) is 22.1 Å². The van der Waals surface area contributed by atoms with E-state index >= 15 is 0 Å². The molecule has 0 unspecified atom stereocenters. The van der Waals surface area contributed by atoms with Crippen molar-refractivity contribution in [3.63, 3.8) is 0 Å². The number of hydrogen-bond donors (Lipinski definition) is 1. The fraction of sp³-hybridized carbons (Fsp3) is 0.481. The lowest BCUT2D eigenvalue weighted by Gasteiger charge is -2.33. The highest BCUT2D eigenvalue weighted by atomic mass is 35.5. The van der Waals surface area contributed by atoms with Crippen molar-refractivity contribution in [3.8, 4) is 5.75 Å². The molecule has 0 saturated heterocycles. The molecule has 186 valence electrons. The highest BCUT2D eigenvalue weighted by Gasteiger charge is 2.31. The maximum atomic E-state index is 13.5. The summed E-state index contributed by atoms with van der Waals surface area (Å²) in [4.78, 5) is 28.1. The van der Waals surface area contributed by atoms with Crippen LogP contribution in [0.1, 0.15) is 66.0 Å². The largest absolute Gasteiger partial charge is 0.483 e. The molecule has 0 aliphatic carbocycles. The Morgan fingerprint density at radius 3 is 2.24 bits per heavy atom. The maximum absolute atomic E-state index is 13.5. The van der Waals surface area contributed by atoms with Gasteiger partial charge in [-0.15, -0.1) is 0 Å². The molecule has 0 saturated carbocycles. The molecule has 0 aliphatic rings. The Bertz CT molecular complexity index is 1010. The van der Waals surface area contributed by atoms with Gasteiger partial charge in [-0.2, -0.15) is 0 Å². The number of nitrogens with zero attached hydrogens (tertiary/aromatic N) is 1. The van der Waals surface area contributed by atoms with Gasteiger partial charge in [0.25, 0.3) is 5.91 Å². The van der Waals surface area contributed by atoms with Crippen LogP contribution in [0.2, 0.25) is 10.0 Å². The Labute approximate surface area is 213 Å². The molecule has 0 radical (unpaired) electrons. The number of carbonyl (C=O) groups is 2. The summed E-state index contributed by atoms with van der Waals surface area (Å²) in [6.45, 7) is 13.9. The molecule has 1 N–H and O–H groups in total. The number of hydrogen-bond acceptors (Lipinski definition) is 3. The summed E-state index contributed by atoms with van der Waals surface area (Å²) in [6.07, 6.45) is 0.442. The molecule has 34 heavy (non-hydrogen) atoms. The third-order valence-corrected chi connectivity index (χ3v) is 5.87. The van der Waals surface area contributed by atoms with Crippen molar-refractivity contribution in [2.45, 2.75) is 78.4 Å². The van der Waals surface area contributed by atoms with Crippen LogP contribution < -0.4 is 10.1 Å². The molecule has 0 heterocycles. The number of halogens is 2. The van der Waals surface area contributed by atoms with Crippen molar-refractivity contribution in [3.05, 3.63) is 63.6 Å². The van der Waals surface area contributed by atoms with Crippen molar-refractivity contribution < 1.29 is 14.3 Å². The van der Waals surface area contributed by atoms with E-state index in [9.17, 15) is 9.59 Å². The normalized spacial score (nSPS) is 12.7. The van der Waals surface area contributed by atoms with Crippen LogP contribution in [-0.2, 0) is 21.5 Å². The second-order valence-corrected chi connectivity index (χ2v) is 11.3. The standard InChI is InChI=1S/C27H36Cl2N2O3/c1-8-22(25(33)30-27(5,6)7)31(16-18-13-14-19(28)15-21(18)29)24(32)17-34-23-12-10-9-11-20(23)26(2,3)4/h9-15,22H,8,16-17H2,1-7H3,(H,30,33)/t22-/m1/s1. The predicted molar refractivity (Wildman–Crippen MR) is 140 cm³/mol. The van der Waals surface area contributed by atoms with Crippen LogP contribution >= 0.6 is 23.2 Å². The van der Waals surface area contributed by atoms with E-state index in [0.29, 0.717) is 27.8 Å². The zero-order chi connectivity index (χ0) is 25.7. The SMILES string of the molecule is CC[C@H](C(=O)NC(C)(C)C)N(Cc1ccc(Cl)cc1Cl)C(=O)COc1ccccc1C(C)(C)C. The highest BCUT2D eigenvalue weighted by Crippen LogP contribution is 2.31. The van der Waals surface area contributed by atoms with E-state index in [0.717, 1.165) is 5.56 Å². The quantitative estimate of drug-likeness (QED) is 0.450. The Kier molecular flexibility index (Phi) is 9.44. The Morgan fingerprint density at radius 2 is 1.68 bits per heavy atom. The van der Waals surface area contributed by atoms with Gasteiger partial charge < -0.3 is 15.0 Å². The van der Waals surface area contributed by atoms with Crippen LogP contribution in [0.4, 0.5) is 0 Å². The smallest absolute Gasteiger partial charge is 0.261 e. The first-order valence-corrected chi connectivity index (χ1v) is 12.3. The van der Waals surface area contributed by atoms with Gasteiger partial charge in [-0.25, -0.2) is 0 Å². The summed E-state index contributed by atoms with van der Waals surface area (Å²) in [5.41, 5.74) is 1.14. The lowest BCUT2D eigenvalue weighted by molar-refractivity contribution is -0.143. The minimum atomic E-state index is -0.681. The van der Waals surface area contributed by atoms with Gasteiger partial charge in [0.15, 0.2) is 6.61 Å². The lowest BCUT2D eigenvalue weighted by atomic mass is 9.86. The number of para-hydroxylation sites is 1. The number of benzene rings is 2. The van der Waals surface area contributed by atoms with Gasteiger partial charge >= 0.3 is 0 Å². The summed E-state index contributed by atoms with van der Waals surface area (Å²) in [5.74, 6) is 0.134. The van der Waals surface area contributed by atoms with Crippen LogP contribution in [0, 0.1) is 0 Å². The third-order valence-electron chi connectivity index (χ3n) is 5.29. The first-order valence-electron chi connectivity index (χ1n) is 11.5. The Morgan fingerprint density at radius 1 is 1.03 bits per heavy atom. The monoisotopic (exact) mass is 506 g/mol. The molecular formula is C27H36Cl2N2O3. The predicted octanol–water partition coefficient (Wildman–Crippen LogP) is 6.39. The van der Waals surface area contributed by atoms with Crippen LogP contribution in [0.25, 0.3) is 0 Å². The molecule has 0 aliphatic heterocycles. The molecule has 7 heteroatoms. The topological polar surface area (TPSA) is 58.6 Å². The van der Waals surface area contributed by atoms with Crippen molar-refractivity contribution in [2.24, 2.45) is 0 Å². The summed E-state index contributed by atoms with van der Waals surface area (Å²) in [7, 11) is 0. The number of rotatable bonds is 8. The molecule has 1 atom stereocenters. The average molecular weight is 508 g/mol. The second-order valence-electron chi connectivity index (χ2n) is 10.5. The number of carbonyl (C=O) groups excluding carboxylic acids is 2. The Balaban J connectivity index is 2.34. The minimum absolute atomic E-state index is 0.144. The fourth-order valence-electron chi connectivity index (χ4n) is 3.64. The summed E-state index contributed by atoms with van der Waals surface area (Å²) < 4.78 is 5.99. The molecule has 5 nitrogen and oxygen atoms in total. The molecule has 0 aromatic heterocycles. The minimum Gasteiger partial charge on any atom is -0.483 e. The van der Waals surface area contributed by atoms with E-state index in [4.69, 9.17) is 27.9 Å². The van der Waals surface area contributed by atoms with E-state index in [1.807, 2.05) is 52.0 Å². The third kappa shape index (κ3) is 7.92. The first-order chi connectivity index (χ1) is 15.7. The number of amides is 2. The maximum Gasteiger partial charge on any atom is 0.261 e. The highest BCUT2D eigenvalue weighted by molar-refractivity contribution is 6.35. The van der Waals surface area contributed by atoms with Crippen molar-refractivity contribution >= 4 is 35.0 Å². The van der Waals surface area contributed by atoms with Crippen molar-refractivity contribution in [1.29, 1.82) is 0 Å². The number of ether oxygens (including phenoxy) is 1. The van der Waals surface area contributed by atoms with E-state index in [2.05, 4.69) is 26.1 Å². The molecule has 2 aromatic carbocycles. The van der Waals surface area contributed by atoms with Gasteiger partial charge in [-0.3, -0.25) is 9.59 Å². The molecule has 0 fully saturated rings. The van der Waals surface area contributed by atoms with Crippen molar-refractivity contribution in [2.75, 3.05) is 6.61 Å². The van der Waals surface area contributed by atoms with E-state index < -0.39 is 11.6 Å². The van der Waals surface area contributed by atoms with Gasteiger partial charge in [-0.1, -0.05) is 75.2 Å². The molecule has 2 amide bonds.